The van der Waals surface area contributed by atoms with E-state index in [4.69, 9.17) is 9.47 Å². The van der Waals surface area contributed by atoms with Gasteiger partial charge in [-0.3, -0.25) is 9.69 Å². The molecule has 0 bridgehead atoms. The number of ether oxygens (including phenoxy) is 2. The number of carboxylic acids is 1. The first-order valence-corrected chi connectivity index (χ1v) is 11.1. The van der Waals surface area contributed by atoms with Gasteiger partial charge >= 0.3 is 5.97 Å². The molecule has 0 unspecified atom stereocenters. The fourth-order valence-corrected chi connectivity index (χ4v) is 3.27. The molecule has 0 aliphatic carbocycles. The monoisotopic (exact) mass is 456 g/mol. The summed E-state index contributed by atoms with van der Waals surface area (Å²) in [5.74, 6) is -0.204. The second kappa shape index (κ2) is 11.8. The summed E-state index contributed by atoms with van der Waals surface area (Å²) in [6, 6.07) is 13.4. The molecule has 0 radical (unpaired) electrons. The molecule has 0 heterocycles. The van der Waals surface area contributed by atoms with E-state index >= 15 is 0 Å². The van der Waals surface area contributed by atoms with Crippen molar-refractivity contribution in [2.24, 2.45) is 0 Å². The molecule has 7 nitrogen and oxygen atoms in total. The Morgan fingerprint density at radius 3 is 2.33 bits per heavy atom. The molecule has 0 fully saturated rings. The van der Waals surface area contributed by atoms with Gasteiger partial charge in [0.25, 0.3) is 0 Å². The highest BCUT2D eigenvalue weighted by atomic mass is 16.5. The number of anilines is 1. The van der Waals surface area contributed by atoms with Gasteiger partial charge in [-0.15, -0.1) is 0 Å². The SMILES string of the molecule is COCCN(CC(=O)Nc1ccc(C(C)C)cc1C)Cc1ccc(OC(C)(C)C(=O)O)cc1. The average Bonchev–Trinajstić information content (AvgIpc) is 2.74. The first-order valence-electron chi connectivity index (χ1n) is 11.1. The molecule has 0 atom stereocenters. The third-order valence-electron chi connectivity index (χ3n) is 5.39. The van der Waals surface area contributed by atoms with Gasteiger partial charge in [-0.2, -0.15) is 0 Å². The van der Waals surface area contributed by atoms with Gasteiger partial charge in [-0.1, -0.05) is 38.1 Å². The lowest BCUT2D eigenvalue weighted by Gasteiger charge is -2.23. The molecule has 33 heavy (non-hydrogen) atoms. The number of amides is 1. The van der Waals surface area contributed by atoms with Gasteiger partial charge in [0.2, 0.25) is 5.91 Å². The number of hydrogen-bond acceptors (Lipinski definition) is 5. The lowest BCUT2D eigenvalue weighted by Crippen LogP contribution is -2.37. The maximum Gasteiger partial charge on any atom is 0.347 e. The number of carbonyl (C=O) groups is 2. The molecule has 180 valence electrons. The Kier molecular flexibility index (Phi) is 9.44. The molecule has 0 aromatic heterocycles. The van der Waals surface area contributed by atoms with Crippen molar-refractivity contribution in [3.8, 4) is 5.75 Å². The van der Waals surface area contributed by atoms with Gasteiger partial charge in [-0.25, -0.2) is 4.79 Å². The van der Waals surface area contributed by atoms with Crippen LogP contribution in [-0.4, -0.2) is 54.3 Å². The van der Waals surface area contributed by atoms with Crippen LogP contribution in [0.3, 0.4) is 0 Å². The second-order valence-corrected chi connectivity index (χ2v) is 9.04. The van der Waals surface area contributed by atoms with Crippen molar-refractivity contribution in [1.82, 2.24) is 4.90 Å². The minimum absolute atomic E-state index is 0.0883. The van der Waals surface area contributed by atoms with E-state index in [0.717, 1.165) is 16.8 Å². The molecule has 2 rings (SSSR count). The summed E-state index contributed by atoms with van der Waals surface area (Å²) in [4.78, 5) is 26.0. The summed E-state index contributed by atoms with van der Waals surface area (Å²) in [7, 11) is 1.63. The topological polar surface area (TPSA) is 88.1 Å². The van der Waals surface area contributed by atoms with E-state index in [-0.39, 0.29) is 12.5 Å². The normalized spacial score (nSPS) is 11.6. The van der Waals surface area contributed by atoms with Crippen molar-refractivity contribution in [2.45, 2.75) is 52.7 Å². The molecule has 0 saturated carbocycles. The van der Waals surface area contributed by atoms with Crippen molar-refractivity contribution in [1.29, 1.82) is 0 Å². The fraction of sp³-hybridized carbons (Fsp3) is 0.462. The molecule has 0 aliphatic rings. The highest BCUT2D eigenvalue weighted by Crippen LogP contribution is 2.22. The zero-order chi connectivity index (χ0) is 24.6. The Morgan fingerprint density at radius 1 is 1.12 bits per heavy atom. The molecule has 0 aliphatic heterocycles. The number of nitrogens with one attached hydrogen (secondary N) is 1. The number of aryl methyl sites for hydroxylation is 1. The van der Waals surface area contributed by atoms with E-state index in [1.165, 1.54) is 19.4 Å². The standard InChI is InChI=1S/C26H36N2O5/c1-18(2)21-9-12-23(19(3)15-21)27-24(29)17-28(13-14-32-6)16-20-7-10-22(11-8-20)33-26(4,5)25(30)31/h7-12,15,18H,13-14,16-17H2,1-6H3,(H,27,29)(H,30,31). The number of benzene rings is 2. The van der Waals surface area contributed by atoms with Crippen molar-refractivity contribution in [2.75, 3.05) is 32.1 Å². The number of aliphatic carboxylic acids is 1. The van der Waals surface area contributed by atoms with Gasteiger partial charge in [-0.05, 0) is 61.6 Å². The van der Waals surface area contributed by atoms with Crippen molar-refractivity contribution in [3.05, 3.63) is 59.2 Å². The van der Waals surface area contributed by atoms with E-state index in [9.17, 15) is 14.7 Å². The van der Waals surface area contributed by atoms with Crippen LogP contribution in [0.15, 0.2) is 42.5 Å². The predicted octanol–water partition coefficient (Wildman–Crippen LogP) is 4.45. The van der Waals surface area contributed by atoms with E-state index in [1.807, 2.05) is 36.1 Å². The highest BCUT2D eigenvalue weighted by molar-refractivity contribution is 5.93. The van der Waals surface area contributed by atoms with Gasteiger partial charge < -0.3 is 19.9 Å². The van der Waals surface area contributed by atoms with Crippen LogP contribution in [-0.2, 0) is 20.9 Å². The summed E-state index contributed by atoms with van der Waals surface area (Å²) in [6.45, 7) is 11.2. The average molecular weight is 457 g/mol. The molecular weight excluding hydrogens is 420 g/mol. The highest BCUT2D eigenvalue weighted by Gasteiger charge is 2.29. The van der Waals surface area contributed by atoms with Crippen molar-refractivity contribution < 1.29 is 24.2 Å². The van der Waals surface area contributed by atoms with Crippen LogP contribution in [0.5, 0.6) is 5.75 Å². The largest absolute Gasteiger partial charge is 0.478 e. The quantitative estimate of drug-likeness (QED) is 0.491. The summed E-state index contributed by atoms with van der Waals surface area (Å²) in [6.07, 6.45) is 0. The minimum Gasteiger partial charge on any atom is -0.478 e. The second-order valence-electron chi connectivity index (χ2n) is 9.04. The predicted molar refractivity (Wildman–Crippen MR) is 130 cm³/mol. The molecule has 2 N–H and O–H groups in total. The zero-order valence-electron chi connectivity index (χ0n) is 20.5. The maximum atomic E-state index is 12.8. The molecular formula is C26H36N2O5. The fourth-order valence-electron chi connectivity index (χ4n) is 3.27. The number of nitrogens with zero attached hydrogens (tertiary/aromatic N) is 1. The van der Waals surface area contributed by atoms with E-state index < -0.39 is 11.6 Å². The Bertz CT molecular complexity index is 938. The molecule has 0 saturated heterocycles. The minimum atomic E-state index is -1.31. The third kappa shape index (κ3) is 8.18. The van der Waals surface area contributed by atoms with Crippen LogP contribution < -0.4 is 10.1 Å². The number of rotatable bonds is 12. The van der Waals surface area contributed by atoms with Gasteiger partial charge in [0.05, 0.1) is 13.2 Å². The van der Waals surface area contributed by atoms with Gasteiger partial charge in [0, 0.05) is 25.9 Å². The zero-order valence-corrected chi connectivity index (χ0v) is 20.5. The lowest BCUT2D eigenvalue weighted by molar-refractivity contribution is -0.152. The molecule has 7 heteroatoms. The number of carbonyl (C=O) groups excluding carboxylic acids is 1. The van der Waals surface area contributed by atoms with Gasteiger partial charge in [0.1, 0.15) is 5.75 Å². The van der Waals surface area contributed by atoms with Crippen LogP contribution in [0.25, 0.3) is 0 Å². The lowest BCUT2D eigenvalue weighted by atomic mass is 10.0. The number of hydrogen-bond donors (Lipinski definition) is 2. The Morgan fingerprint density at radius 2 is 1.79 bits per heavy atom. The van der Waals surface area contributed by atoms with Crippen molar-refractivity contribution in [3.63, 3.8) is 0 Å². The summed E-state index contributed by atoms with van der Waals surface area (Å²) >= 11 is 0. The van der Waals surface area contributed by atoms with Crippen LogP contribution in [0.4, 0.5) is 5.69 Å². The summed E-state index contributed by atoms with van der Waals surface area (Å²) in [5.41, 5.74) is 2.77. The first kappa shape index (κ1) is 26.4. The van der Waals surface area contributed by atoms with E-state index in [1.54, 1.807) is 19.2 Å². The number of carboxylic acid groups (broad SMARTS) is 1. The van der Waals surface area contributed by atoms with E-state index in [2.05, 4.69) is 25.2 Å². The van der Waals surface area contributed by atoms with Crippen LogP contribution >= 0.6 is 0 Å². The van der Waals surface area contributed by atoms with Crippen LogP contribution in [0.2, 0.25) is 0 Å². The maximum absolute atomic E-state index is 12.8. The molecule has 0 spiro atoms. The Balaban J connectivity index is 2.03. The Hall–Kier alpha value is -2.90. The smallest absolute Gasteiger partial charge is 0.347 e. The first-order chi connectivity index (χ1) is 15.5. The summed E-state index contributed by atoms with van der Waals surface area (Å²) in [5, 5.41) is 12.2. The summed E-state index contributed by atoms with van der Waals surface area (Å²) < 4.78 is 10.8. The van der Waals surface area contributed by atoms with E-state index in [0.29, 0.717) is 31.4 Å². The molecule has 1 amide bonds. The van der Waals surface area contributed by atoms with Crippen LogP contribution in [0, 0.1) is 6.92 Å². The van der Waals surface area contributed by atoms with Crippen molar-refractivity contribution >= 4 is 17.6 Å². The van der Waals surface area contributed by atoms with Crippen LogP contribution in [0.1, 0.15) is 50.3 Å². The number of methoxy groups -OCH3 is 1. The Labute approximate surface area is 196 Å². The molecule has 2 aromatic rings. The third-order valence-corrected chi connectivity index (χ3v) is 5.39. The van der Waals surface area contributed by atoms with Gasteiger partial charge in [0.15, 0.2) is 5.60 Å². The molecule has 2 aromatic carbocycles.